The smallest absolute Gasteiger partial charge is 0.246 e. The van der Waals surface area contributed by atoms with Crippen molar-refractivity contribution < 1.29 is 9.18 Å². The second-order valence-electron chi connectivity index (χ2n) is 7.41. The number of nitrogens with one attached hydrogen (secondary N) is 2. The summed E-state index contributed by atoms with van der Waals surface area (Å²) in [6.07, 6.45) is 8.48. The predicted molar refractivity (Wildman–Crippen MR) is 131 cm³/mol. The Morgan fingerprint density at radius 3 is 3.00 bits per heavy atom. The Bertz CT molecular complexity index is 1240. The number of anilines is 2. The molecule has 1 amide bonds. The molecule has 1 aromatic carbocycles. The monoisotopic (exact) mass is 484 g/mol. The van der Waals surface area contributed by atoms with E-state index in [1.54, 1.807) is 35.8 Å². The molecular formula is C23H22ClFN6OS. The van der Waals surface area contributed by atoms with Gasteiger partial charge in [0, 0.05) is 35.9 Å². The zero-order chi connectivity index (χ0) is 23.4. The van der Waals surface area contributed by atoms with Crippen LogP contribution < -0.4 is 5.32 Å². The van der Waals surface area contributed by atoms with E-state index in [9.17, 15) is 9.18 Å². The molecule has 0 saturated carbocycles. The van der Waals surface area contributed by atoms with Crippen molar-refractivity contribution in [1.82, 2.24) is 19.8 Å². The maximum Gasteiger partial charge on any atom is 0.246 e. The summed E-state index contributed by atoms with van der Waals surface area (Å²) in [6, 6.07) is 4.44. The van der Waals surface area contributed by atoms with E-state index in [0.29, 0.717) is 44.1 Å². The summed E-state index contributed by atoms with van der Waals surface area (Å²) in [7, 11) is 0. The van der Waals surface area contributed by atoms with Gasteiger partial charge in [-0.3, -0.25) is 4.79 Å². The van der Waals surface area contributed by atoms with Crippen LogP contribution in [0.25, 0.3) is 10.2 Å². The highest BCUT2D eigenvalue weighted by Crippen LogP contribution is 2.38. The molecule has 1 aliphatic heterocycles. The number of hydrogen-bond donors (Lipinski definition) is 2. The van der Waals surface area contributed by atoms with Crippen molar-refractivity contribution in [2.45, 2.75) is 13.0 Å². The number of halogens is 2. The number of hydrogen-bond acceptors (Lipinski definition) is 7. The largest absolute Gasteiger partial charge is 0.369 e. The Balaban J connectivity index is 1.52. The number of nitrogens with zero attached hydrogens (tertiary/aromatic N) is 4. The summed E-state index contributed by atoms with van der Waals surface area (Å²) in [5, 5.41) is 11.4. The number of fused-ring (bicyclic) bond motifs is 3. The van der Waals surface area contributed by atoms with E-state index >= 15 is 0 Å². The lowest BCUT2D eigenvalue weighted by molar-refractivity contribution is -0.126. The summed E-state index contributed by atoms with van der Waals surface area (Å²) >= 11 is 7.46. The molecule has 33 heavy (non-hydrogen) atoms. The van der Waals surface area contributed by atoms with Gasteiger partial charge in [0.1, 0.15) is 22.8 Å². The number of carbonyl (C=O) groups excluding carboxylic acids is 1. The molecule has 3 heterocycles. The fourth-order valence-corrected chi connectivity index (χ4v) is 5.04. The average Bonchev–Trinajstić information content (AvgIpc) is 3.19. The lowest BCUT2D eigenvalue weighted by Crippen LogP contribution is -2.34. The van der Waals surface area contributed by atoms with Crippen molar-refractivity contribution in [3.63, 3.8) is 0 Å². The molecule has 7 nitrogen and oxygen atoms in total. The van der Waals surface area contributed by atoms with Gasteiger partial charge in [-0.05, 0) is 36.4 Å². The molecule has 1 aliphatic rings. The van der Waals surface area contributed by atoms with Gasteiger partial charge in [-0.2, -0.15) is 0 Å². The first kappa shape index (κ1) is 22.9. The standard InChI is InChI=1S/C23H22ClFN6OS/c1-2-30(11-8-26)9-3-4-20(32)31-10-7-16-19(13-31)33-23-21(16)22(27-14-28-23)29-15-5-6-18(25)17(24)12-15/h2-6,8,12,14,26H,1,7,9-11,13H2,(H,27,28,29)/b4-3+,26-8?. The molecule has 2 aromatic heterocycles. The van der Waals surface area contributed by atoms with Gasteiger partial charge in [-0.25, -0.2) is 14.4 Å². The molecule has 0 saturated heterocycles. The molecule has 0 radical (unpaired) electrons. The molecule has 0 aliphatic carbocycles. The van der Waals surface area contributed by atoms with Crippen LogP contribution in [0.1, 0.15) is 10.4 Å². The van der Waals surface area contributed by atoms with E-state index < -0.39 is 5.82 Å². The Morgan fingerprint density at radius 2 is 2.24 bits per heavy atom. The van der Waals surface area contributed by atoms with E-state index in [2.05, 4.69) is 21.9 Å². The molecular weight excluding hydrogens is 463 g/mol. The van der Waals surface area contributed by atoms with Crippen molar-refractivity contribution in [3.05, 3.63) is 70.7 Å². The highest BCUT2D eigenvalue weighted by molar-refractivity contribution is 7.19. The van der Waals surface area contributed by atoms with Gasteiger partial charge >= 0.3 is 0 Å². The lowest BCUT2D eigenvalue weighted by atomic mass is 10.0. The SMILES string of the molecule is C=CN(CC=N)C/C=C/C(=O)N1CCc2c(sc3ncnc(Nc4ccc(F)c(Cl)c4)c23)C1. The van der Waals surface area contributed by atoms with E-state index in [4.69, 9.17) is 17.0 Å². The zero-order valence-electron chi connectivity index (χ0n) is 17.7. The van der Waals surface area contributed by atoms with Crippen LogP contribution in [0, 0.1) is 11.2 Å². The van der Waals surface area contributed by atoms with Gasteiger partial charge in [0.05, 0.1) is 23.5 Å². The number of rotatable bonds is 8. The summed E-state index contributed by atoms with van der Waals surface area (Å²) in [4.78, 5) is 27.1. The molecule has 4 rings (SSSR count). The van der Waals surface area contributed by atoms with Crippen LogP contribution in [0.15, 0.2) is 49.5 Å². The molecule has 3 aromatic rings. The second kappa shape index (κ2) is 10.1. The minimum atomic E-state index is -0.478. The molecule has 0 atom stereocenters. The molecule has 0 fully saturated rings. The Hall–Kier alpha value is -3.30. The zero-order valence-corrected chi connectivity index (χ0v) is 19.3. The Morgan fingerprint density at radius 1 is 1.39 bits per heavy atom. The van der Waals surface area contributed by atoms with Crippen LogP contribution in [0.4, 0.5) is 15.9 Å². The summed E-state index contributed by atoms with van der Waals surface area (Å²) in [6.45, 7) is 5.78. The first-order chi connectivity index (χ1) is 16.0. The lowest BCUT2D eigenvalue weighted by Gasteiger charge is -2.26. The summed E-state index contributed by atoms with van der Waals surface area (Å²) < 4.78 is 13.5. The minimum Gasteiger partial charge on any atom is -0.369 e. The van der Waals surface area contributed by atoms with Crippen LogP contribution in [-0.2, 0) is 17.8 Å². The third kappa shape index (κ3) is 5.04. The fraction of sp³-hybridized carbons (Fsp3) is 0.217. The second-order valence-corrected chi connectivity index (χ2v) is 8.90. The molecule has 0 bridgehead atoms. The van der Waals surface area contributed by atoms with Crippen LogP contribution in [0.2, 0.25) is 5.02 Å². The number of amides is 1. The minimum absolute atomic E-state index is 0.0360. The molecule has 0 unspecified atom stereocenters. The normalized spacial score (nSPS) is 13.2. The molecule has 2 N–H and O–H groups in total. The van der Waals surface area contributed by atoms with Gasteiger partial charge in [0.15, 0.2) is 0 Å². The van der Waals surface area contributed by atoms with Crippen LogP contribution >= 0.6 is 22.9 Å². The van der Waals surface area contributed by atoms with E-state index in [-0.39, 0.29) is 10.9 Å². The summed E-state index contributed by atoms with van der Waals surface area (Å²) in [5.74, 6) is 0.103. The van der Waals surface area contributed by atoms with E-state index in [1.807, 2.05) is 9.80 Å². The molecule has 0 spiro atoms. The number of carbonyl (C=O) groups is 1. The van der Waals surface area contributed by atoms with E-state index in [1.165, 1.54) is 24.7 Å². The third-order valence-corrected chi connectivity index (χ3v) is 6.73. The predicted octanol–water partition coefficient (Wildman–Crippen LogP) is 4.76. The highest BCUT2D eigenvalue weighted by atomic mass is 35.5. The van der Waals surface area contributed by atoms with Gasteiger partial charge in [0.2, 0.25) is 5.91 Å². The summed E-state index contributed by atoms with van der Waals surface area (Å²) in [5.41, 5.74) is 1.76. The van der Waals surface area contributed by atoms with Crippen LogP contribution in [0.3, 0.4) is 0 Å². The van der Waals surface area contributed by atoms with Gasteiger partial charge in [0.25, 0.3) is 0 Å². The van der Waals surface area contributed by atoms with Gasteiger partial charge in [-0.15, -0.1) is 11.3 Å². The van der Waals surface area contributed by atoms with Crippen molar-refractivity contribution in [2.24, 2.45) is 0 Å². The van der Waals surface area contributed by atoms with Gasteiger partial charge < -0.3 is 20.5 Å². The maximum absolute atomic E-state index is 13.5. The first-order valence-electron chi connectivity index (χ1n) is 10.3. The maximum atomic E-state index is 13.5. The first-order valence-corrected chi connectivity index (χ1v) is 11.5. The van der Waals surface area contributed by atoms with Crippen molar-refractivity contribution >= 4 is 56.8 Å². The third-order valence-electron chi connectivity index (χ3n) is 5.32. The van der Waals surface area contributed by atoms with Crippen LogP contribution in [0.5, 0.6) is 0 Å². The Kier molecular flexibility index (Phi) is 7.00. The fourth-order valence-electron chi connectivity index (χ4n) is 3.66. The number of aromatic nitrogens is 2. The van der Waals surface area contributed by atoms with E-state index in [0.717, 1.165) is 20.7 Å². The van der Waals surface area contributed by atoms with Gasteiger partial charge in [-0.1, -0.05) is 24.3 Å². The Labute approximate surface area is 199 Å². The quantitative estimate of drug-likeness (QED) is 0.355. The molecule has 170 valence electrons. The highest BCUT2D eigenvalue weighted by Gasteiger charge is 2.25. The van der Waals surface area contributed by atoms with Crippen molar-refractivity contribution in [3.8, 4) is 0 Å². The van der Waals surface area contributed by atoms with Crippen molar-refractivity contribution in [1.29, 1.82) is 5.41 Å². The topological polar surface area (TPSA) is 85.2 Å². The molecule has 10 heteroatoms. The van der Waals surface area contributed by atoms with Crippen LogP contribution in [-0.4, -0.2) is 51.5 Å². The number of benzene rings is 1. The average molecular weight is 485 g/mol. The van der Waals surface area contributed by atoms with Crippen molar-refractivity contribution in [2.75, 3.05) is 25.0 Å². The number of thiophene rings is 1.